The fourth-order valence-corrected chi connectivity index (χ4v) is 4.14. The highest BCUT2D eigenvalue weighted by molar-refractivity contribution is 6.33. The Bertz CT molecular complexity index is 1020. The Hall–Kier alpha value is -1.86. The molecule has 2 heterocycles. The minimum Gasteiger partial charge on any atom is -0.497 e. The van der Waals surface area contributed by atoms with E-state index in [4.69, 9.17) is 31.8 Å². The largest absolute Gasteiger partial charge is 0.497 e. The number of aromatic nitrogens is 3. The zero-order valence-corrected chi connectivity index (χ0v) is 17.7. The van der Waals surface area contributed by atoms with Gasteiger partial charge >= 0.3 is 0 Å². The topological polar surface area (TPSA) is 74.7 Å². The van der Waals surface area contributed by atoms with Gasteiger partial charge in [-0.15, -0.1) is 12.4 Å². The minimum atomic E-state index is -0.466. The van der Waals surface area contributed by atoms with Crippen molar-refractivity contribution in [1.29, 1.82) is 0 Å². The van der Waals surface area contributed by atoms with Crippen LogP contribution in [-0.2, 0) is 16.7 Å². The van der Waals surface area contributed by atoms with Gasteiger partial charge in [0.05, 0.1) is 34.6 Å². The summed E-state index contributed by atoms with van der Waals surface area (Å²) in [5.41, 5.74) is 11.8. The molecule has 0 saturated heterocycles. The third kappa shape index (κ3) is 3.35. The standard InChI is InChI=1S/C20H23ClN4O2.ClH/c1-12-17(15-5-4-14(27-3)10-16(15)21)19-23-18-13(11-25(19)24-12)6-7-20(18,22)8-9-26-2;/h4-5,10-11H,6-9,22H2,1-3H3;1H. The number of hydrogen-bond donors (Lipinski definition) is 1. The molecule has 4 rings (SSSR count). The van der Waals surface area contributed by atoms with Gasteiger partial charge in [0.25, 0.3) is 0 Å². The third-order valence-corrected chi connectivity index (χ3v) is 5.68. The maximum absolute atomic E-state index is 6.70. The van der Waals surface area contributed by atoms with Crippen molar-refractivity contribution >= 4 is 29.7 Å². The molecule has 0 bridgehead atoms. The average molecular weight is 423 g/mol. The van der Waals surface area contributed by atoms with Crippen LogP contribution in [0.4, 0.5) is 0 Å². The smallest absolute Gasteiger partial charge is 0.163 e. The summed E-state index contributed by atoms with van der Waals surface area (Å²) in [6, 6.07) is 5.64. The van der Waals surface area contributed by atoms with E-state index in [2.05, 4.69) is 5.10 Å². The third-order valence-electron chi connectivity index (χ3n) is 5.37. The van der Waals surface area contributed by atoms with Gasteiger partial charge in [-0.25, -0.2) is 9.50 Å². The molecule has 1 aromatic carbocycles. The molecule has 28 heavy (non-hydrogen) atoms. The van der Waals surface area contributed by atoms with Gasteiger partial charge in [-0.3, -0.25) is 0 Å². The van der Waals surface area contributed by atoms with Crippen molar-refractivity contribution in [3.05, 3.63) is 46.4 Å². The second-order valence-electron chi connectivity index (χ2n) is 7.09. The molecule has 1 atom stereocenters. The molecule has 1 aliphatic carbocycles. The van der Waals surface area contributed by atoms with Gasteiger partial charge in [0, 0.05) is 25.5 Å². The predicted octanol–water partition coefficient (Wildman–Crippen LogP) is 3.93. The number of methoxy groups -OCH3 is 2. The summed E-state index contributed by atoms with van der Waals surface area (Å²) in [5, 5.41) is 5.26. The Labute approximate surface area is 175 Å². The molecule has 1 aliphatic rings. The Morgan fingerprint density at radius 1 is 1.32 bits per heavy atom. The number of aryl methyl sites for hydroxylation is 2. The zero-order valence-electron chi connectivity index (χ0n) is 16.2. The molecule has 2 N–H and O–H groups in total. The van der Waals surface area contributed by atoms with Crippen molar-refractivity contribution in [3.8, 4) is 16.9 Å². The van der Waals surface area contributed by atoms with E-state index in [1.807, 2.05) is 29.8 Å². The predicted molar refractivity (Wildman–Crippen MR) is 113 cm³/mol. The van der Waals surface area contributed by atoms with Gasteiger partial charge < -0.3 is 15.2 Å². The molecule has 3 aromatic rings. The average Bonchev–Trinajstić information content (AvgIpc) is 3.15. The monoisotopic (exact) mass is 422 g/mol. The van der Waals surface area contributed by atoms with E-state index in [1.165, 1.54) is 0 Å². The van der Waals surface area contributed by atoms with Crippen LogP contribution in [-0.4, -0.2) is 35.4 Å². The molecular weight excluding hydrogens is 399 g/mol. The highest BCUT2D eigenvalue weighted by Crippen LogP contribution is 2.39. The van der Waals surface area contributed by atoms with E-state index in [1.54, 1.807) is 20.3 Å². The first-order valence-corrected chi connectivity index (χ1v) is 9.35. The first kappa shape index (κ1) is 20.9. The van der Waals surface area contributed by atoms with Crippen molar-refractivity contribution in [1.82, 2.24) is 14.6 Å². The van der Waals surface area contributed by atoms with Crippen molar-refractivity contribution in [3.63, 3.8) is 0 Å². The van der Waals surface area contributed by atoms with E-state index >= 15 is 0 Å². The lowest BCUT2D eigenvalue weighted by molar-refractivity contribution is 0.166. The maximum atomic E-state index is 6.70. The van der Waals surface area contributed by atoms with Crippen molar-refractivity contribution in [2.24, 2.45) is 5.73 Å². The number of fused-ring (bicyclic) bond motifs is 2. The number of nitrogens with two attached hydrogens (primary N) is 1. The van der Waals surface area contributed by atoms with Crippen molar-refractivity contribution in [2.45, 2.75) is 31.7 Å². The van der Waals surface area contributed by atoms with Gasteiger partial charge in [-0.1, -0.05) is 11.6 Å². The maximum Gasteiger partial charge on any atom is 0.163 e. The van der Waals surface area contributed by atoms with Crippen LogP contribution in [0.3, 0.4) is 0 Å². The van der Waals surface area contributed by atoms with Crippen LogP contribution in [0.2, 0.25) is 5.02 Å². The second-order valence-corrected chi connectivity index (χ2v) is 7.50. The molecule has 150 valence electrons. The Balaban J connectivity index is 0.00000225. The summed E-state index contributed by atoms with van der Waals surface area (Å²) in [5.74, 6) is 0.715. The molecule has 0 spiro atoms. The summed E-state index contributed by atoms with van der Waals surface area (Å²) in [4.78, 5) is 4.97. The summed E-state index contributed by atoms with van der Waals surface area (Å²) in [6.07, 6.45) is 4.55. The zero-order chi connectivity index (χ0) is 19.2. The number of nitrogens with zero attached hydrogens (tertiary/aromatic N) is 3. The lowest BCUT2D eigenvalue weighted by Crippen LogP contribution is -2.36. The van der Waals surface area contributed by atoms with Gasteiger partial charge in [-0.2, -0.15) is 5.10 Å². The summed E-state index contributed by atoms with van der Waals surface area (Å²) in [6.45, 7) is 2.58. The Kier molecular flexibility index (Phi) is 5.87. The normalized spacial score (nSPS) is 18.2. The molecule has 0 fully saturated rings. The fourth-order valence-electron chi connectivity index (χ4n) is 3.88. The number of ether oxygens (including phenoxy) is 2. The summed E-state index contributed by atoms with van der Waals surface area (Å²) in [7, 11) is 3.32. The molecule has 2 aromatic heterocycles. The highest BCUT2D eigenvalue weighted by atomic mass is 35.5. The molecule has 0 aliphatic heterocycles. The molecular formula is C20H24Cl2N4O2. The van der Waals surface area contributed by atoms with E-state index < -0.39 is 5.54 Å². The Morgan fingerprint density at radius 3 is 2.79 bits per heavy atom. The number of halogens is 2. The fraction of sp³-hybridized carbons (Fsp3) is 0.400. The Morgan fingerprint density at radius 2 is 2.11 bits per heavy atom. The molecule has 6 nitrogen and oxygen atoms in total. The number of hydrogen-bond acceptors (Lipinski definition) is 5. The van der Waals surface area contributed by atoms with E-state index in [-0.39, 0.29) is 12.4 Å². The van der Waals surface area contributed by atoms with Crippen LogP contribution in [0.5, 0.6) is 5.75 Å². The van der Waals surface area contributed by atoms with E-state index in [9.17, 15) is 0 Å². The van der Waals surface area contributed by atoms with Crippen molar-refractivity contribution < 1.29 is 9.47 Å². The quantitative estimate of drug-likeness (QED) is 0.673. The van der Waals surface area contributed by atoms with Gasteiger partial charge in [0.15, 0.2) is 5.65 Å². The molecule has 8 heteroatoms. The molecule has 1 unspecified atom stereocenters. The summed E-state index contributed by atoms with van der Waals surface area (Å²) < 4.78 is 12.4. The first-order valence-electron chi connectivity index (χ1n) is 8.98. The number of rotatable bonds is 5. The number of benzene rings is 1. The lowest BCUT2D eigenvalue weighted by atomic mass is 9.94. The lowest BCUT2D eigenvalue weighted by Gasteiger charge is -2.24. The minimum absolute atomic E-state index is 0. The van der Waals surface area contributed by atoms with Gasteiger partial charge in [-0.05, 0) is 49.9 Å². The summed E-state index contributed by atoms with van der Waals surface area (Å²) >= 11 is 6.53. The van der Waals surface area contributed by atoms with Gasteiger partial charge in [0.1, 0.15) is 5.75 Å². The van der Waals surface area contributed by atoms with Crippen LogP contribution in [0.25, 0.3) is 16.8 Å². The van der Waals surface area contributed by atoms with Gasteiger partial charge in [0.2, 0.25) is 0 Å². The van der Waals surface area contributed by atoms with Crippen LogP contribution in [0, 0.1) is 6.92 Å². The molecule has 0 radical (unpaired) electrons. The van der Waals surface area contributed by atoms with Crippen LogP contribution in [0.1, 0.15) is 29.8 Å². The molecule has 0 amide bonds. The van der Waals surface area contributed by atoms with Crippen LogP contribution in [0.15, 0.2) is 24.4 Å². The second kappa shape index (κ2) is 7.87. The first-order chi connectivity index (χ1) is 13.0. The van der Waals surface area contributed by atoms with E-state index in [0.29, 0.717) is 17.4 Å². The SMILES string of the molecule is COCCC1(N)CCc2cn3nc(C)c(-c4ccc(OC)cc4Cl)c3nc21.Cl. The highest BCUT2D eigenvalue weighted by Gasteiger charge is 2.37. The van der Waals surface area contributed by atoms with E-state index in [0.717, 1.165) is 53.0 Å². The van der Waals surface area contributed by atoms with Crippen molar-refractivity contribution in [2.75, 3.05) is 20.8 Å². The van der Waals surface area contributed by atoms with Crippen LogP contribution >= 0.6 is 24.0 Å². The van der Waals surface area contributed by atoms with Crippen LogP contribution < -0.4 is 10.5 Å². The molecule has 0 saturated carbocycles.